The first-order valence-electron chi connectivity index (χ1n) is 14.2. The van der Waals surface area contributed by atoms with Gasteiger partial charge in [0.2, 0.25) is 0 Å². The fourth-order valence-electron chi connectivity index (χ4n) is 4.03. The van der Waals surface area contributed by atoms with Crippen LogP contribution in [0.15, 0.2) is 132 Å². The molecule has 49 heavy (non-hydrogen) atoms. The van der Waals surface area contributed by atoms with Crippen molar-refractivity contribution in [3.63, 3.8) is 0 Å². The first kappa shape index (κ1) is 33.3. The van der Waals surface area contributed by atoms with E-state index in [0.717, 1.165) is 38.2 Å². The maximum absolute atomic E-state index is 13.3. The quantitative estimate of drug-likeness (QED) is 0.169. The summed E-state index contributed by atoms with van der Waals surface area (Å²) >= 11 is 6.06. The Kier molecular flexibility index (Phi) is 11.2. The summed E-state index contributed by atoms with van der Waals surface area (Å²) in [5, 5.41) is 3.58. The van der Waals surface area contributed by atoms with Crippen molar-refractivity contribution in [2.24, 2.45) is 0 Å². The molecule has 0 saturated carbocycles. The highest BCUT2D eigenvalue weighted by molar-refractivity contribution is 9.10. The molecule has 8 aromatic heterocycles. The van der Waals surface area contributed by atoms with E-state index in [4.69, 9.17) is 0 Å². The number of nitrogens with zero attached hydrogens (tertiary/aromatic N) is 10. The first-order chi connectivity index (χ1) is 24.0. The molecule has 240 valence electrons. The third-order valence-electron chi connectivity index (χ3n) is 6.13. The smallest absolute Gasteiger partial charge is 0.178 e. The number of aromatic nitrogens is 10. The predicted molar refractivity (Wildman–Crippen MR) is 188 cm³/mol. The standard InChI is InChI=1S/C17H10FN5S.C12H8N4S.C5H3BrFN/c18-12-7-11(8-19-9-12)15-10-22-17(24-15)14-4-1-3-13(23-14)16-20-5-2-6-21-16;1-3-9(11-13-5-2-6-14-11)16-10(4-1)12-15-7-8-17-12;6-4-1-5(7)3-8-2-4/h1-10H;1-8H;1-3H. The maximum atomic E-state index is 13.3. The molecule has 0 fully saturated rings. The van der Waals surface area contributed by atoms with Crippen LogP contribution in [0.4, 0.5) is 8.78 Å². The Balaban J connectivity index is 0.000000144. The number of halogens is 3. The summed E-state index contributed by atoms with van der Waals surface area (Å²) in [5.41, 5.74) is 3.71. The lowest BCUT2D eigenvalue weighted by atomic mass is 10.2. The highest BCUT2D eigenvalue weighted by atomic mass is 79.9. The Morgan fingerprint density at radius 3 is 1.63 bits per heavy atom. The molecule has 0 aliphatic heterocycles. The minimum absolute atomic E-state index is 0.320. The van der Waals surface area contributed by atoms with E-state index in [1.54, 1.807) is 66.8 Å². The van der Waals surface area contributed by atoms with Crippen LogP contribution in [-0.4, -0.2) is 49.8 Å². The molecule has 8 heterocycles. The molecule has 10 nitrogen and oxygen atoms in total. The summed E-state index contributed by atoms with van der Waals surface area (Å²) in [6.07, 6.45) is 15.7. The molecule has 0 unspecified atom stereocenters. The average molecular weight is 752 g/mol. The molecule has 0 aromatic carbocycles. The van der Waals surface area contributed by atoms with Gasteiger partial charge in [-0.1, -0.05) is 12.1 Å². The lowest BCUT2D eigenvalue weighted by Gasteiger charge is -2.00. The van der Waals surface area contributed by atoms with Crippen LogP contribution in [-0.2, 0) is 0 Å². The number of rotatable bonds is 5. The van der Waals surface area contributed by atoms with Crippen molar-refractivity contribution in [1.82, 2.24) is 49.8 Å². The van der Waals surface area contributed by atoms with Crippen LogP contribution in [0.2, 0.25) is 0 Å². The van der Waals surface area contributed by atoms with Crippen molar-refractivity contribution in [1.29, 1.82) is 0 Å². The second-order valence-electron chi connectivity index (χ2n) is 9.54. The molecular formula is C34H21BrF2N10S2. The van der Waals surface area contributed by atoms with Gasteiger partial charge in [0, 0.05) is 65.0 Å². The van der Waals surface area contributed by atoms with Crippen molar-refractivity contribution >= 4 is 38.6 Å². The van der Waals surface area contributed by atoms with Crippen molar-refractivity contribution < 1.29 is 8.78 Å². The zero-order chi connectivity index (χ0) is 33.8. The number of thiazole rings is 2. The first-order valence-corrected chi connectivity index (χ1v) is 16.7. The van der Waals surface area contributed by atoms with E-state index < -0.39 is 0 Å². The average Bonchev–Trinajstić information content (AvgIpc) is 3.87. The number of pyridine rings is 4. The van der Waals surface area contributed by atoms with Gasteiger partial charge in [-0.25, -0.2) is 48.7 Å². The maximum Gasteiger partial charge on any atom is 0.178 e. The van der Waals surface area contributed by atoms with Crippen molar-refractivity contribution in [2.75, 3.05) is 0 Å². The van der Waals surface area contributed by atoms with Crippen molar-refractivity contribution in [2.45, 2.75) is 0 Å². The van der Waals surface area contributed by atoms with E-state index in [-0.39, 0.29) is 11.6 Å². The van der Waals surface area contributed by atoms with Gasteiger partial charge in [0.15, 0.2) is 11.6 Å². The van der Waals surface area contributed by atoms with E-state index >= 15 is 0 Å². The summed E-state index contributed by atoms with van der Waals surface area (Å²) in [6.45, 7) is 0. The highest BCUT2D eigenvalue weighted by Gasteiger charge is 2.11. The minimum Gasteiger partial charge on any atom is -0.261 e. The molecule has 0 aliphatic rings. The largest absolute Gasteiger partial charge is 0.261 e. The van der Waals surface area contributed by atoms with E-state index in [2.05, 4.69) is 65.8 Å². The van der Waals surface area contributed by atoms with Gasteiger partial charge in [-0.15, -0.1) is 22.7 Å². The molecule has 0 N–H and O–H groups in total. The van der Waals surface area contributed by atoms with Crippen LogP contribution >= 0.6 is 38.6 Å². The number of hydrogen-bond donors (Lipinski definition) is 0. The fraction of sp³-hybridized carbons (Fsp3) is 0. The third kappa shape index (κ3) is 9.25. The van der Waals surface area contributed by atoms with Crippen LogP contribution in [0.1, 0.15) is 0 Å². The molecule has 0 radical (unpaired) electrons. The highest BCUT2D eigenvalue weighted by Crippen LogP contribution is 2.31. The molecule has 0 amide bonds. The molecule has 15 heteroatoms. The molecule has 8 aromatic rings. The monoisotopic (exact) mass is 750 g/mol. The van der Waals surface area contributed by atoms with Gasteiger partial charge in [0.05, 0.1) is 28.7 Å². The van der Waals surface area contributed by atoms with Crippen LogP contribution in [0.5, 0.6) is 0 Å². The summed E-state index contributed by atoms with van der Waals surface area (Å²) in [4.78, 5) is 42.7. The Hall–Kier alpha value is -5.64. The summed E-state index contributed by atoms with van der Waals surface area (Å²) in [5.74, 6) is 0.500. The molecule has 0 bridgehead atoms. The molecule has 0 aliphatic carbocycles. The summed E-state index contributed by atoms with van der Waals surface area (Å²) < 4.78 is 26.1. The molecular weight excluding hydrogens is 730 g/mol. The Labute approximate surface area is 295 Å². The van der Waals surface area contributed by atoms with Crippen LogP contribution in [0.25, 0.3) is 54.9 Å². The van der Waals surface area contributed by atoms with Crippen LogP contribution in [0.3, 0.4) is 0 Å². The summed E-state index contributed by atoms with van der Waals surface area (Å²) in [7, 11) is 0. The SMILES string of the molecule is Fc1cncc(-c2cnc(-c3cccc(-c4ncccn4)n3)s2)c1.Fc1cncc(Br)c1.c1cnc(-c2cccc(-c3nccs3)n2)nc1. The van der Waals surface area contributed by atoms with Gasteiger partial charge in [-0.05, 0) is 64.5 Å². The van der Waals surface area contributed by atoms with E-state index in [1.807, 2.05) is 41.8 Å². The molecule has 0 spiro atoms. The van der Waals surface area contributed by atoms with Gasteiger partial charge in [-0.2, -0.15) is 0 Å². The topological polar surface area (TPSA) is 129 Å². The normalized spacial score (nSPS) is 10.3. The van der Waals surface area contributed by atoms with E-state index in [1.165, 1.54) is 35.9 Å². The van der Waals surface area contributed by atoms with Crippen LogP contribution in [0, 0.1) is 11.6 Å². The van der Waals surface area contributed by atoms with Crippen molar-refractivity contribution in [3.8, 4) is 54.9 Å². The Morgan fingerprint density at radius 2 is 1.10 bits per heavy atom. The van der Waals surface area contributed by atoms with Gasteiger partial charge < -0.3 is 0 Å². The zero-order valence-electron chi connectivity index (χ0n) is 25.0. The lowest BCUT2D eigenvalue weighted by Crippen LogP contribution is -1.91. The van der Waals surface area contributed by atoms with E-state index in [0.29, 0.717) is 27.4 Å². The minimum atomic E-state index is -0.371. The fourth-order valence-corrected chi connectivity index (χ4v) is 5.84. The summed E-state index contributed by atoms with van der Waals surface area (Å²) in [6, 6.07) is 17.7. The number of hydrogen-bond acceptors (Lipinski definition) is 12. The van der Waals surface area contributed by atoms with Gasteiger partial charge in [0.1, 0.15) is 33.0 Å². The van der Waals surface area contributed by atoms with E-state index in [9.17, 15) is 8.78 Å². The lowest BCUT2D eigenvalue weighted by molar-refractivity contribution is 0.620. The van der Waals surface area contributed by atoms with Gasteiger partial charge in [0.25, 0.3) is 0 Å². The second kappa shape index (κ2) is 16.5. The predicted octanol–water partition coefficient (Wildman–Crippen LogP) is 8.51. The third-order valence-corrected chi connectivity index (χ3v) is 8.42. The Morgan fingerprint density at radius 1 is 0.531 bits per heavy atom. The Bertz CT molecular complexity index is 2220. The van der Waals surface area contributed by atoms with Crippen molar-refractivity contribution in [3.05, 3.63) is 144 Å². The van der Waals surface area contributed by atoms with Gasteiger partial charge in [-0.3, -0.25) is 9.97 Å². The van der Waals surface area contributed by atoms with Gasteiger partial charge >= 0.3 is 0 Å². The zero-order valence-corrected chi connectivity index (χ0v) is 28.3. The second-order valence-corrected chi connectivity index (χ2v) is 12.4. The van der Waals surface area contributed by atoms with Crippen LogP contribution < -0.4 is 0 Å². The molecule has 8 rings (SSSR count). The molecule has 0 saturated heterocycles. The molecule has 0 atom stereocenters.